The number of hydrogen-bond acceptors (Lipinski definition) is 3. The third-order valence-electron chi connectivity index (χ3n) is 3.67. The first kappa shape index (κ1) is 12.4. The van der Waals surface area contributed by atoms with Gasteiger partial charge in [-0.25, -0.2) is 0 Å². The summed E-state index contributed by atoms with van der Waals surface area (Å²) >= 11 is 0. The van der Waals surface area contributed by atoms with E-state index in [-0.39, 0.29) is 6.61 Å². The monoisotopic (exact) mass is 234 g/mol. The first-order valence-corrected chi connectivity index (χ1v) is 6.39. The summed E-state index contributed by atoms with van der Waals surface area (Å²) in [6, 6.07) is 10.3. The molecule has 17 heavy (non-hydrogen) atoms. The van der Waals surface area contributed by atoms with E-state index in [1.165, 1.54) is 5.69 Å². The highest BCUT2D eigenvalue weighted by atomic mass is 16.3. The number of aliphatic hydroxyl groups is 1. The van der Waals surface area contributed by atoms with Crippen molar-refractivity contribution in [3.8, 4) is 0 Å². The van der Waals surface area contributed by atoms with E-state index in [0.717, 1.165) is 25.9 Å². The van der Waals surface area contributed by atoms with E-state index >= 15 is 0 Å². The average molecular weight is 234 g/mol. The number of rotatable bonds is 6. The van der Waals surface area contributed by atoms with Gasteiger partial charge in [0.05, 0.1) is 12.1 Å². The van der Waals surface area contributed by atoms with Gasteiger partial charge in [0, 0.05) is 18.8 Å². The third-order valence-corrected chi connectivity index (χ3v) is 3.67. The van der Waals surface area contributed by atoms with Crippen LogP contribution in [0.25, 0.3) is 0 Å². The molecule has 1 unspecified atom stereocenters. The number of para-hydroxylation sites is 1. The van der Waals surface area contributed by atoms with Crippen molar-refractivity contribution < 1.29 is 5.11 Å². The number of hydrogen-bond donors (Lipinski definition) is 2. The number of nitrogens with zero attached hydrogens (tertiary/aromatic N) is 1. The minimum Gasteiger partial charge on any atom is -0.394 e. The fraction of sp³-hybridized carbons (Fsp3) is 0.571. The first-order chi connectivity index (χ1) is 8.19. The molecule has 1 aliphatic carbocycles. The van der Waals surface area contributed by atoms with Crippen molar-refractivity contribution in [2.45, 2.75) is 25.3 Å². The number of benzene rings is 1. The van der Waals surface area contributed by atoms with Crippen LogP contribution in [-0.2, 0) is 0 Å². The fourth-order valence-corrected chi connectivity index (χ4v) is 2.35. The van der Waals surface area contributed by atoms with Crippen LogP contribution in [0, 0.1) is 5.92 Å². The van der Waals surface area contributed by atoms with E-state index in [9.17, 15) is 5.11 Å². The van der Waals surface area contributed by atoms with Crippen molar-refractivity contribution in [3.05, 3.63) is 30.3 Å². The molecule has 1 saturated carbocycles. The Morgan fingerprint density at radius 1 is 1.35 bits per heavy atom. The molecule has 2 rings (SSSR count). The zero-order valence-electron chi connectivity index (χ0n) is 10.5. The van der Waals surface area contributed by atoms with Crippen LogP contribution >= 0.6 is 0 Å². The molecule has 1 atom stereocenters. The highest BCUT2D eigenvalue weighted by molar-refractivity contribution is 5.46. The van der Waals surface area contributed by atoms with Crippen LogP contribution in [0.5, 0.6) is 0 Å². The van der Waals surface area contributed by atoms with Crippen LogP contribution in [0.4, 0.5) is 5.69 Å². The van der Waals surface area contributed by atoms with E-state index in [1.807, 2.05) is 18.2 Å². The molecule has 1 aromatic carbocycles. The zero-order valence-corrected chi connectivity index (χ0v) is 10.5. The number of anilines is 1. The molecule has 1 fully saturated rings. The maximum atomic E-state index is 9.54. The van der Waals surface area contributed by atoms with Crippen LogP contribution in [-0.4, -0.2) is 30.3 Å². The lowest BCUT2D eigenvalue weighted by atomic mass is 9.94. The summed E-state index contributed by atoms with van der Waals surface area (Å²) in [7, 11) is 0. The smallest absolute Gasteiger partial charge is 0.0631 e. The Bertz CT molecular complexity index is 350. The van der Waals surface area contributed by atoms with Crippen LogP contribution in [0.1, 0.15) is 19.8 Å². The predicted molar refractivity (Wildman–Crippen MR) is 71.1 cm³/mol. The van der Waals surface area contributed by atoms with Gasteiger partial charge in [-0.1, -0.05) is 18.2 Å². The summed E-state index contributed by atoms with van der Waals surface area (Å²) in [6.07, 6.45) is 2.31. The van der Waals surface area contributed by atoms with Crippen molar-refractivity contribution in [2.24, 2.45) is 11.7 Å². The third kappa shape index (κ3) is 2.79. The summed E-state index contributed by atoms with van der Waals surface area (Å²) in [4.78, 5) is 2.24. The van der Waals surface area contributed by atoms with Gasteiger partial charge in [-0.2, -0.15) is 0 Å². The molecule has 1 aliphatic rings. The van der Waals surface area contributed by atoms with Crippen LogP contribution < -0.4 is 10.6 Å². The normalized spacial score (nSPS) is 18.8. The summed E-state index contributed by atoms with van der Waals surface area (Å²) < 4.78 is 0. The summed E-state index contributed by atoms with van der Waals surface area (Å²) in [5.41, 5.74) is 7.07. The first-order valence-electron chi connectivity index (χ1n) is 6.39. The summed E-state index contributed by atoms with van der Waals surface area (Å²) in [5, 5.41) is 9.54. The molecule has 0 bridgehead atoms. The number of likely N-dealkylation sites (N-methyl/N-ethyl adjacent to an activating group) is 1. The van der Waals surface area contributed by atoms with Gasteiger partial charge in [0.25, 0.3) is 0 Å². The molecule has 0 saturated heterocycles. The minimum absolute atomic E-state index is 0.0704. The van der Waals surface area contributed by atoms with Gasteiger partial charge < -0.3 is 15.7 Å². The Labute approximate surface area is 103 Å². The lowest BCUT2D eigenvalue weighted by Crippen LogP contribution is -2.55. The van der Waals surface area contributed by atoms with E-state index in [4.69, 9.17) is 5.73 Å². The molecule has 0 heterocycles. The standard InChI is InChI=1S/C14H22N2O/c1-2-16(13-6-4-3-5-7-13)10-14(15,11-17)12-8-9-12/h3-7,12,17H,2,8-11,15H2,1H3. The van der Waals surface area contributed by atoms with Crippen molar-refractivity contribution in [1.29, 1.82) is 0 Å². The van der Waals surface area contributed by atoms with Gasteiger partial charge in [0.15, 0.2) is 0 Å². The van der Waals surface area contributed by atoms with Gasteiger partial charge in [0.1, 0.15) is 0 Å². The van der Waals surface area contributed by atoms with E-state index < -0.39 is 5.54 Å². The van der Waals surface area contributed by atoms with E-state index in [0.29, 0.717) is 5.92 Å². The quantitative estimate of drug-likeness (QED) is 0.786. The minimum atomic E-state index is -0.439. The Balaban J connectivity index is 2.09. The Morgan fingerprint density at radius 2 is 2.00 bits per heavy atom. The van der Waals surface area contributed by atoms with Crippen LogP contribution in [0.15, 0.2) is 30.3 Å². The molecule has 94 valence electrons. The number of aliphatic hydroxyl groups excluding tert-OH is 1. The van der Waals surface area contributed by atoms with Gasteiger partial charge in [-0.15, -0.1) is 0 Å². The summed E-state index contributed by atoms with van der Waals surface area (Å²) in [6.45, 7) is 3.84. The largest absolute Gasteiger partial charge is 0.394 e. The maximum absolute atomic E-state index is 9.54. The number of nitrogens with two attached hydrogens (primary N) is 1. The maximum Gasteiger partial charge on any atom is 0.0631 e. The second kappa shape index (κ2) is 5.07. The molecule has 1 aromatic rings. The molecule has 0 aliphatic heterocycles. The molecule has 3 nitrogen and oxygen atoms in total. The Morgan fingerprint density at radius 3 is 2.47 bits per heavy atom. The molecule has 0 amide bonds. The van der Waals surface area contributed by atoms with Crippen molar-refractivity contribution >= 4 is 5.69 Å². The molecular formula is C14H22N2O. The Kier molecular flexibility index (Phi) is 3.69. The van der Waals surface area contributed by atoms with Crippen LogP contribution in [0.3, 0.4) is 0 Å². The lowest BCUT2D eigenvalue weighted by molar-refractivity contribution is 0.180. The second-order valence-electron chi connectivity index (χ2n) is 5.02. The molecule has 0 spiro atoms. The highest BCUT2D eigenvalue weighted by Gasteiger charge is 2.42. The van der Waals surface area contributed by atoms with Gasteiger partial charge in [0.2, 0.25) is 0 Å². The molecule has 0 aromatic heterocycles. The lowest BCUT2D eigenvalue weighted by Gasteiger charge is -2.35. The zero-order chi connectivity index (χ0) is 12.3. The predicted octanol–water partition coefficient (Wildman–Crippen LogP) is 1.61. The van der Waals surface area contributed by atoms with Gasteiger partial charge >= 0.3 is 0 Å². The van der Waals surface area contributed by atoms with Crippen molar-refractivity contribution in [1.82, 2.24) is 0 Å². The summed E-state index contributed by atoms with van der Waals surface area (Å²) in [5.74, 6) is 0.491. The van der Waals surface area contributed by atoms with Crippen molar-refractivity contribution in [2.75, 3.05) is 24.6 Å². The topological polar surface area (TPSA) is 49.5 Å². The molecular weight excluding hydrogens is 212 g/mol. The molecule has 3 N–H and O–H groups in total. The van der Waals surface area contributed by atoms with Crippen LogP contribution in [0.2, 0.25) is 0 Å². The highest BCUT2D eigenvalue weighted by Crippen LogP contribution is 2.38. The van der Waals surface area contributed by atoms with Crippen molar-refractivity contribution in [3.63, 3.8) is 0 Å². The Hall–Kier alpha value is -1.06. The van der Waals surface area contributed by atoms with Gasteiger partial charge in [-0.3, -0.25) is 0 Å². The average Bonchev–Trinajstić information content (AvgIpc) is 3.21. The SMILES string of the molecule is CCN(CC(N)(CO)C1CC1)c1ccccc1. The van der Waals surface area contributed by atoms with Gasteiger partial charge in [-0.05, 0) is 37.8 Å². The van der Waals surface area contributed by atoms with E-state index in [2.05, 4.69) is 24.0 Å². The molecule has 0 radical (unpaired) electrons. The molecule has 3 heteroatoms. The second-order valence-corrected chi connectivity index (χ2v) is 5.02. The fourth-order valence-electron chi connectivity index (χ4n) is 2.35. The van der Waals surface area contributed by atoms with E-state index in [1.54, 1.807) is 0 Å².